The van der Waals surface area contributed by atoms with E-state index in [9.17, 15) is 14.4 Å². The maximum absolute atomic E-state index is 12.4. The molecule has 1 aromatic carbocycles. The van der Waals surface area contributed by atoms with Crippen LogP contribution in [0, 0.1) is 0 Å². The summed E-state index contributed by atoms with van der Waals surface area (Å²) in [4.78, 5) is 39.2. The molecule has 7 heteroatoms. The van der Waals surface area contributed by atoms with Crippen LogP contribution >= 0.6 is 11.8 Å². The molecule has 1 heterocycles. The van der Waals surface area contributed by atoms with E-state index in [-0.39, 0.29) is 36.6 Å². The van der Waals surface area contributed by atoms with Crippen molar-refractivity contribution in [3.05, 3.63) is 30.3 Å². The highest BCUT2D eigenvalue weighted by molar-refractivity contribution is 8.15. The molecular formula is C15H18N2O4S. The fraction of sp³-hybridized carbons (Fsp3) is 0.400. The number of aliphatic hydroxyl groups is 1. The van der Waals surface area contributed by atoms with Gasteiger partial charge >= 0.3 is 0 Å². The van der Waals surface area contributed by atoms with Gasteiger partial charge in [0.15, 0.2) is 0 Å². The maximum Gasteiger partial charge on any atom is 0.293 e. The number of rotatable bonds is 6. The largest absolute Gasteiger partial charge is 0.395 e. The summed E-state index contributed by atoms with van der Waals surface area (Å²) in [5.74, 6) is -0.597. The highest BCUT2D eigenvalue weighted by Crippen LogP contribution is 2.33. The molecule has 1 aliphatic heterocycles. The number of amides is 3. The molecule has 0 saturated carbocycles. The minimum absolute atomic E-state index is 0.0353. The van der Waals surface area contributed by atoms with Crippen LogP contribution in [0.4, 0.5) is 10.5 Å². The van der Waals surface area contributed by atoms with E-state index in [1.54, 1.807) is 37.3 Å². The van der Waals surface area contributed by atoms with Crippen LogP contribution in [0.3, 0.4) is 0 Å². The number of hydrogen-bond acceptors (Lipinski definition) is 5. The molecule has 2 rings (SSSR count). The van der Waals surface area contributed by atoms with Crippen molar-refractivity contribution in [3.8, 4) is 0 Å². The monoisotopic (exact) mass is 322 g/mol. The molecule has 0 spiro atoms. The smallest absolute Gasteiger partial charge is 0.293 e. The molecule has 1 aromatic rings. The lowest BCUT2D eigenvalue weighted by atomic mass is 10.2. The summed E-state index contributed by atoms with van der Waals surface area (Å²) >= 11 is 0.878. The van der Waals surface area contributed by atoms with Crippen LogP contribution in [-0.4, -0.2) is 52.0 Å². The lowest BCUT2D eigenvalue weighted by Crippen LogP contribution is -2.37. The first-order valence-corrected chi connectivity index (χ1v) is 7.94. The van der Waals surface area contributed by atoms with Crippen LogP contribution in [-0.2, 0) is 9.59 Å². The SMILES string of the molecule is CCN(CCO)C(=O)CC1SC(=O)N(c2ccccc2)C1=O. The quantitative estimate of drug-likeness (QED) is 0.858. The van der Waals surface area contributed by atoms with Gasteiger partial charge in [0.25, 0.3) is 5.24 Å². The topological polar surface area (TPSA) is 77.9 Å². The van der Waals surface area contributed by atoms with Gasteiger partial charge in [0.2, 0.25) is 11.8 Å². The molecule has 3 amide bonds. The van der Waals surface area contributed by atoms with E-state index in [4.69, 9.17) is 5.11 Å². The van der Waals surface area contributed by atoms with Gasteiger partial charge in [-0.1, -0.05) is 18.2 Å². The van der Waals surface area contributed by atoms with E-state index < -0.39 is 5.25 Å². The van der Waals surface area contributed by atoms with E-state index in [1.165, 1.54) is 4.90 Å². The first-order valence-electron chi connectivity index (χ1n) is 7.06. The Morgan fingerprint density at radius 3 is 2.59 bits per heavy atom. The molecule has 118 valence electrons. The summed E-state index contributed by atoms with van der Waals surface area (Å²) in [6.45, 7) is 2.37. The van der Waals surface area contributed by atoms with Gasteiger partial charge in [-0.2, -0.15) is 0 Å². The lowest BCUT2D eigenvalue weighted by Gasteiger charge is -2.20. The fourth-order valence-electron chi connectivity index (χ4n) is 2.27. The average Bonchev–Trinajstić information content (AvgIpc) is 2.79. The Kier molecular flexibility index (Phi) is 5.57. The number of carbonyl (C=O) groups excluding carboxylic acids is 3. The molecule has 1 unspecified atom stereocenters. The highest BCUT2D eigenvalue weighted by atomic mass is 32.2. The summed E-state index contributed by atoms with van der Waals surface area (Å²) in [6.07, 6.45) is -0.0353. The van der Waals surface area contributed by atoms with E-state index >= 15 is 0 Å². The van der Waals surface area contributed by atoms with Crippen LogP contribution in [0.2, 0.25) is 0 Å². The number of carbonyl (C=O) groups is 3. The average molecular weight is 322 g/mol. The summed E-state index contributed by atoms with van der Waals surface area (Å²) in [5, 5.41) is 7.87. The Balaban J connectivity index is 2.07. The number of imide groups is 1. The third-order valence-corrected chi connectivity index (χ3v) is 4.44. The van der Waals surface area contributed by atoms with Crippen LogP contribution in [0.1, 0.15) is 13.3 Å². The molecular weight excluding hydrogens is 304 g/mol. The predicted molar refractivity (Wildman–Crippen MR) is 84.7 cm³/mol. The van der Waals surface area contributed by atoms with Gasteiger partial charge in [-0.15, -0.1) is 0 Å². The van der Waals surface area contributed by atoms with Crippen LogP contribution in [0.5, 0.6) is 0 Å². The normalized spacial score (nSPS) is 17.9. The molecule has 0 radical (unpaired) electrons. The number of aliphatic hydroxyl groups excluding tert-OH is 1. The number of likely N-dealkylation sites (N-methyl/N-ethyl adjacent to an activating group) is 1. The first-order chi connectivity index (χ1) is 10.6. The zero-order valence-corrected chi connectivity index (χ0v) is 13.1. The second-order valence-corrected chi connectivity index (χ2v) is 5.94. The van der Waals surface area contributed by atoms with Gasteiger partial charge in [-0.25, -0.2) is 4.90 Å². The van der Waals surface area contributed by atoms with Crippen molar-refractivity contribution < 1.29 is 19.5 Å². The molecule has 6 nitrogen and oxygen atoms in total. The van der Waals surface area contributed by atoms with Crippen molar-refractivity contribution in [1.29, 1.82) is 0 Å². The third kappa shape index (κ3) is 3.48. The van der Waals surface area contributed by atoms with Gasteiger partial charge in [-0.05, 0) is 30.8 Å². The van der Waals surface area contributed by atoms with E-state index in [2.05, 4.69) is 0 Å². The number of hydrogen-bond donors (Lipinski definition) is 1. The Labute approximate surface area is 133 Å². The van der Waals surface area contributed by atoms with Crippen molar-refractivity contribution in [3.63, 3.8) is 0 Å². The van der Waals surface area contributed by atoms with Gasteiger partial charge in [0.1, 0.15) is 5.25 Å². The number of nitrogens with zero attached hydrogens (tertiary/aromatic N) is 2. The number of benzene rings is 1. The Bertz CT molecular complexity index is 564. The minimum Gasteiger partial charge on any atom is -0.395 e. The first kappa shape index (κ1) is 16.5. The van der Waals surface area contributed by atoms with Crippen molar-refractivity contribution in [2.45, 2.75) is 18.6 Å². The molecule has 0 aliphatic carbocycles. The van der Waals surface area contributed by atoms with Gasteiger partial charge in [-0.3, -0.25) is 14.4 Å². The summed E-state index contributed by atoms with van der Waals surface area (Å²) in [7, 11) is 0. The van der Waals surface area contributed by atoms with E-state index in [1.807, 2.05) is 0 Å². The second kappa shape index (κ2) is 7.42. The van der Waals surface area contributed by atoms with Crippen molar-refractivity contribution in [2.24, 2.45) is 0 Å². The predicted octanol–water partition coefficient (Wildman–Crippen LogP) is 1.49. The van der Waals surface area contributed by atoms with Gasteiger partial charge < -0.3 is 10.0 Å². The molecule has 22 heavy (non-hydrogen) atoms. The number of thioether (sulfide) groups is 1. The van der Waals surface area contributed by atoms with Crippen LogP contribution < -0.4 is 4.90 Å². The molecule has 1 saturated heterocycles. The van der Waals surface area contributed by atoms with Crippen molar-refractivity contribution in [2.75, 3.05) is 24.6 Å². The molecule has 1 aliphatic rings. The minimum atomic E-state index is -0.701. The van der Waals surface area contributed by atoms with Gasteiger partial charge in [0.05, 0.1) is 12.3 Å². The fourth-order valence-corrected chi connectivity index (χ4v) is 3.24. The Hall–Kier alpha value is -1.86. The molecule has 0 bridgehead atoms. The second-order valence-electron chi connectivity index (χ2n) is 4.78. The number of para-hydroxylation sites is 1. The highest BCUT2D eigenvalue weighted by Gasteiger charge is 2.41. The summed E-state index contributed by atoms with van der Waals surface area (Å²) in [5.41, 5.74) is 0.516. The summed E-state index contributed by atoms with van der Waals surface area (Å²) < 4.78 is 0. The Morgan fingerprint density at radius 2 is 2.00 bits per heavy atom. The maximum atomic E-state index is 12.4. The van der Waals surface area contributed by atoms with Crippen LogP contribution in [0.15, 0.2) is 30.3 Å². The Morgan fingerprint density at radius 1 is 1.32 bits per heavy atom. The zero-order valence-electron chi connectivity index (χ0n) is 12.3. The number of anilines is 1. The standard InChI is InChI=1S/C15H18N2O4S/c1-2-16(8-9-18)13(19)10-12-14(20)17(15(21)22-12)11-6-4-3-5-7-11/h3-7,12,18H,2,8-10H2,1H3. The zero-order chi connectivity index (χ0) is 16.1. The molecule has 1 atom stereocenters. The van der Waals surface area contributed by atoms with Crippen LogP contribution in [0.25, 0.3) is 0 Å². The van der Waals surface area contributed by atoms with E-state index in [0.29, 0.717) is 12.2 Å². The molecule has 1 N–H and O–H groups in total. The molecule has 1 fully saturated rings. The molecule has 0 aromatic heterocycles. The lowest BCUT2D eigenvalue weighted by molar-refractivity contribution is -0.133. The van der Waals surface area contributed by atoms with Crippen molar-refractivity contribution >= 4 is 34.5 Å². The van der Waals surface area contributed by atoms with Gasteiger partial charge in [0, 0.05) is 19.5 Å². The summed E-state index contributed by atoms with van der Waals surface area (Å²) in [6, 6.07) is 8.67. The van der Waals surface area contributed by atoms with E-state index in [0.717, 1.165) is 16.7 Å². The third-order valence-electron chi connectivity index (χ3n) is 3.40. The van der Waals surface area contributed by atoms with Crippen molar-refractivity contribution in [1.82, 2.24) is 4.90 Å².